The normalized spacial score (nSPS) is 13.4. The van der Waals surface area contributed by atoms with Crippen LogP contribution >= 0.6 is 12.4 Å². The zero-order valence-corrected chi connectivity index (χ0v) is 17.6. The average Bonchev–Trinajstić information content (AvgIpc) is 2.53. The molecule has 0 spiro atoms. The molecule has 5 N–H and O–H groups in total. The molecule has 0 aliphatic rings. The molecule has 0 fully saturated rings. The van der Waals surface area contributed by atoms with Crippen molar-refractivity contribution in [2.45, 2.75) is 51.1 Å². The van der Waals surface area contributed by atoms with E-state index in [0.717, 1.165) is 0 Å². The highest BCUT2D eigenvalue weighted by Crippen LogP contribution is 2.14. The molecule has 0 heterocycles. The van der Waals surface area contributed by atoms with E-state index in [1.54, 1.807) is 0 Å². The van der Waals surface area contributed by atoms with Gasteiger partial charge in [0.2, 0.25) is 21.8 Å². The maximum Gasteiger partial charge on any atom is 0.241 e. The highest BCUT2D eigenvalue weighted by atomic mass is 35.5. The maximum absolute atomic E-state index is 12.4. The summed E-state index contributed by atoms with van der Waals surface area (Å²) in [6, 6.07) is 4.53. The fourth-order valence-corrected chi connectivity index (χ4v) is 3.59. The van der Waals surface area contributed by atoms with Crippen LogP contribution in [-0.2, 0) is 19.6 Å². The Hall–Kier alpha value is -1.68. The van der Waals surface area contributed by atoms with Crippen LogP contribution in [0.4, 0.5) is 5.69 Å². The second-order valence-electron chi connectivity index (χ2n) is 6.62. The first kappa shape index (κ1) is 25.3. The summed E-state index contributed by atoms with van der Waals surface area (Å²) in [5.74, 6) is -0.322. The molecule has 0 saturated heterocycles. The average molecular weight is 421 g/mol. The Morgan fingerprint density at radius 3 is 2.11 bits per heavy atom. The molecule has 1 aromatic rings. The van der Waals surface area contributed by atoms with Gasteiger partial charge in [-0.15, -0.1) is 12.4 Å². The Bertz CT molecular complexity index is 723. The number of anilines is 1. The van der Waals surface area contributed by atoms with Gasteiger partial charge in [0.25, 0.3) is 0 Å². The smallest absolute Gasteiger partial charge is 0.241 e. The number of carbonyl (C=O) groups is 2. The Labute approximate surface area is 167 Å². The topological polar surface area (TPSA) is 130 Å². The number of nitrogens with one attached hydrogen (secondary N) is 3. The van der Waals surface area contributed by atoms with Crippen LogP contribution in [0.15, 0.2) is 29.2 Å². The van der Waals surface area contributed by atoms with Gasteiger partial charge in [-0.2, -0.15) is 4.72 Å². The Balaban J connectivity index is 0.00000676. The number of rotatable bonds is 9. The van der Waals surface area contributed by atoms with E-state index in [9.17, 15) is 18.0 Å². The lowest BCUT2D eigenvalue weighted by molar-refractivity contribution is -0.123. The molecule has 154 valence electrons. The van der Waals surface area contributed by atoms with E-state index < -0.39 is 22.0 Å². The van der Waals surface area contributed by atoms with Gasteiger partial charge in [-0.05, 0) is 43.5 Å². The van der Waals surface area contributed by atoms with Gasteiger partial charge in [0.05, 0.1) is 10.9 Å². The number of nitrogens with two attached hydrogens (primary N) is 1. The van der Waals surface area contributed by atoms with Crippen molar-refractivity contribution in [1.82, 2.24) is 10.0 Å². The predicted molar refractivity (Wildman–Crippen MR) is 108 cm³/mol. The molecule has 1 rings (SSSR count). The molecule has 8 nitrogen and oxygen atoms in total. The van der Waals surface area contributed by atoms with Gasteiger partial charge < -0.3 is 16.4 Å². The second kappa shape index (κ2) is 11.2. The van der Waals surface area contributed by atoms with Gasteiger partial charge in [0.15, 0.2) is 0 Å². The predicted octanol–water partition coefficient (Wildman–Crippen LogP) is 1.22. The molecule has 0 aromatic heterocycles. The summed E-state index contributed by atoms with van der Waals surface area (Å²) in [6.07, 6.45) is 0.715. The van der Waals surface area contributed by atoms with Gasteiger partial charge in [0.1, 0.15) is 0 Å². The lowest BCUT2D eigenvalue weighted by Gasteiger charge is -2.21. The number of benzene rings is 1. The fraction of sp³-hybridized carbons (Fsp3) is 0.529. The molecule has 0 aliphatic heterocycles. The Morgan fingerprint density at radius 2 is 1.67 bits per heavy atom. The highest BCUT2D eigenvalue weighted by molar-refractivity contribution is 7.89. The van der Waals surface area contributed by atoms with Crippen LogP contribution in [0.25, 0.3) is 0 Å². The Morgan fingerprint density at radius 1 is 1.11 bits per heavy atom. The molecular weight excluding hydrogens is 392 g/mol. The van der Waals surface area contributed by atoms with E-state index in [0.29, 0.717) is 18.0 Å². The summed E-state index contributed by atoms with van der Waals surface area (Å²) < 4.78 is 27.2. The molecule has 0 bridgehead atoms. The van der Waals surface area contributed by atoms with Crippen molar-refractivity contribution in [3.8, 4) is 0 Å². The van der Waals surface area contributed by atoms with E-state index in [-0.39, 0.29) is 35.8 Å². The van der Waals surface area contributed by atoms with Crippen molar-refractivity contribution in [3.63, 3.8) is 0 Å². The van der Waals surface area contributed by atoms with Crippen LogP contribution in [0.2, 0.25) is 0 Å². The first-order chi connectivity index (χ1) is 12.0. The van der Waals surface area contributed by atoms with Crippen molar-refractivity contribution in [2.75, 3.05) is 11.9 Å². The number of hydrogen-bond acceptors (Lipinski definition) is 5. The number of sulfonamides is 1. The second-order valence-corrected chi connectivity index (χ2v) is 8.33. The lowest BCUT2D eigenvalue weighted by Crippen LogP contribution is -2.50. The van der Waals surface area contributed by atoms with E-state index in [4.69, 9.17) is 5.73 Å². The third-order valence-electron chi connectivity index (χ3n) is 3.60. The minimum absolute atomic E-state index is 0. The summed E-state index contributed by atoms with van der Waals surface area (Å²) in [5, 5.41) is 5.32. The van der Waals surface area contributed by atoms with Gasteiger partial charge in [-0.25, -0.2) is 8.42 Å². The zero-order chi connectivity index (χ0) is 19.9. The van der Waals surface area contributed by atoms with Crippen molar-refractivity contribution in [2.24, 2.45) is 11.7 Å². The summed E-state index contributed by atoms with van der Waals surface area (Å²) in [7, 11) is -3.87. The van der Waals surface area contributed by atoms with Gasteiger partial charge >= 0.3 is 0 Å². The molecule has 2 atom stereocenters. The minimum atomic E-state index is -3.87. The molecule has 0 radical (unpaired) electrons. The van der Waals surface area contributed by atoms with Gasteiger partial charge in [-0.3, -0.25) is 9.59 Å². The first-order valence-electron chi connectivity index (χ1n) is 8.45. The lowest BCUT2D eigenvalue weighted by atomic mass is 10.0. The molecular formula is C17H29ClN4O4S. The summed E-state index contributed by atoms with van der Waals surface area (Å²) in [6.45, 7) is 7.16. The molecule has 10 heteroatoms. The number of amides is 2. The van der Waals surface area contributed by atoms with Crippen molar-refractivity contribution in [3.05, 3.63) is 24.3 Å². The molecule has 2 unspecified atom stereocenters. The Kier molecular flexibility index (Phi) is 10.5. The van der Waals surface area contributed by atoms with Crippen LogP contribution in [0, 0.1) is 5.92 Å². The monoisotopic (exact) mass is 420 g/mol. The minimum Gasteiger partial charge on any atom is -0.351 e. The number of halogens is 1. The van der Waals surface area contributed by atoms with Crippen molar-refractivity contribution in [1.29, 1.82) is 0 Å². The summed E-state index contributed by atoms with van der Waals surface area (Å²) in [5.41, 5.74) is 6.14. The van der Waals surface area contributed by atoms with E-state index in [1.165, 1.54) is 38.1 Å². The zero-order valence-electron chi connectivity index (χ0n) is 16.0. The summed E-state index contributed by atoms with van der Waals surface area (Å²) in [4.78, 5) is 23.2. The molecule has 1 aromatic carbocycles. The van der Waals surface area contributed by atoms with E-state index in [1.807, 2.05) is 13.8 Å². The molecule has 0 saturated carbocycles. The first-order valence-corrected chi connectivity index (χ1v) is 9.94. The quantitative estimate of drug-likeness (QED) is 0.477. The molecule has 27 heavy (non-hydrogen) atoms. The van der Waals surface area contributed by atoms with Crippen LogP contribution in [-0.4, -0.2) is 38.9 Å². The van der Waals surface area contributed by atoms with E-state index in [2.05, 4.69) is 15.4 Å². The van der Waals surface area contributed by atoms with Crippen LogP contribution in [0.3, 0.4) is 0 Å². The van der Waals surface area contributed by atoms with Gasteiger partial charge in [-0.1, -0.05) is 13.8 Å². The SMILES string of the molecule is CC(=O)Nc1ccc(S(=O)(=O)NC(C)C(=O)NC(CN)CC(C)C)cc1.Cl. The van der Waals surface area contributed by atoms with Crippen LogP contribution in [0.5, 0.6) is 0 Å². The molecule has 2 amide bonds. The largest absolute Gasteiger partial charge is 0.351 e. The third-order valence-corrected chi connectivity index (χ3v) is 5.15. The van der Waals surface area contributed by atoms with E-state index >= 15 is 0 Å². The van der Waals surface area contributed by atoms with Gasteiger partial charge in [0, 0.05) is 25.2 Å². The number of carbonyl (C=O) groups excluding carboxylic acids is 2. The highest BCUT2D eigenvalue weighted by Gasteiger charge is 2.23. The fourth-order valence-electron chi connectivity index (χ4n) is 2.38. The van der Waals surface area contributed by atoms with Crippen molar-refractivity contribution < 1.29 is 18.0 Å². The number of hydrogen-bond donors (Lipinski definition) is 4. The maximum atomic E-state index is 12.4. The molecule has 0 aliphatic carbocycles. The van der Waals surface area contributed by atoms with Crippen LogP contribution in [0.1, 0.15) is 34.1 Å². The standard InChI is InChI=1S/C17H28N4O4S.ClH/c1-11(2)9-15(10-18)20-17(23)12(3)21-26(24,25)16-7-5-14(6-8-16)19-13(4)22;/h5-8,11-12,15,21H,9-10,18H2,1-4H3,(H,19,22)(H,20,23);1H. The third kappa shape index (κ3) is 8.70. The summed E-state index contributed by atoms with van der Waals surface area (Å²) >= 11 is 0. The van der Waals surface area contributed by atoms with Crippen molar-refractivity contribution >= 4 is 39.9 Å². The van der Waals surface area contributed by atoms with Crippen LogP contribution < -0.4 is 21.1 Å².